The van der Waals surface area contributed by atoms with Crippen LogP contribution < -0.4 is 15.4 Å². The first-order valence-corrected chi connectivity index (χ1v) is 5.73. The molecule has 2 rings (SSSR count). The average molecular weight is 243 g/mol. The fourth-order valence-electron chi connectivity index (χ4n) is 1.80. The zero-order valence-electron chi connectivity index (χ0n) is 10.6. The van der Waals surface area contributed by atoms with Crippen LogP contribution in [-0.2, 0) is 6.54 Å². The van der Waals surface area contributed by atoms with Gasteiger partial charge in [0.2, 0.25) is 0 Å². The van der Waals surface area contributed by atoms with Gasteiger partial charge < -0.3 is 15.4 Å². The van der Waals surface area contributed by atoms with E-state index in [0.717, 1.165) is 18.0 Å². The van der Waals surface area contributed by atoms with Gasteiger partial charge in [-0.1, -0.05) is 0 Å². The Hall–Kier alpha value is -2.23. The Morgan fingerprint density at radius 2 is 1.94 bits per heavy atom. The zero-order chi connectivity index (χ0) is 13.0. The van der Waals surface area contributed by atoms with E-state index in [-0.39, 0.29) is 0 Å². The van der Waals surface area contributed by atoms with Gasteiger partial charge in [0.1, 0.15) is 5.75 Å². The number of nitrogens with zero attached hydrogens (tertiary/aromatic N) is 2. The Balaban J connectivity index is 2.18. The fraction of sp³-hybridized carbons (Fsp3) is 0.214. The quantitative estimate of drug-likeness (QED) is 0.837. The number of hydrogen-bond acceptors (Lipinski definition) is 4. The van der Waals surface area contributed by atoms with Gasteiger partial charge in [0.15, 0.2) is 0 Å². The summed E-state index contributed by atoms with van der Waals surface area (Å²) in [6.45, 7) is 0.801. The predicted molar refractivity (Wildman–Crippen MR) is 73.8 cm³/mol. The lowest BCUT2D eigenvalue weighted by molar-refractivity contribution is 0.415. The summed E-state index contributed by atoms with van der Waals surface area (Å²) >= 11 is 0. The number of anilines is 2. The van der Waals surface area contributed by atoms with Gasteiger partial charge in [0, 0.05) is 49.5 Å². The number of nitrogens with two attached hydrogens (primary N) is 1. The molecule has 0 unspecified atom stereocenters. The van der Waals surface area contributed by atoms with Crippen molar-refractivity contribution in [2.45, 2.75) is 6.54 Å². The van der Waals surface area contributed by atoms with Crippen LogP contribution in [0.15, 0.2) is 42.7 Å². The van der Waals surface area contributed by atoms with E-state index in [9.17, 15) is 0 Å². The lowest BCUT2D eigenvalue weighted by atomic mass is 10.2. The zero-order valence-corrected chi connectivity index (χ0v) is 10.6. The maximum absolute atomic E-state index is 5.85. The third-order valence-electron chi connectivity index (χ3n) is 2.76. The van der Waals surface area contributed by atoms with E-state index in [2.05, 4.69) is 9.88 Å². The molecule has 2 N–H and O–H groups in total. The van der Waals surface area contributed by atoms with E-state index in [4.69, 9.17) is 10.5 Å². The first-order valence-electron chi connectivity index (χ1n) is 5.73. The van der Waals surface area contributed by atoms with Crippen LogP contribution in [0.2, 0.25) is 0 Å². The highest BCUT2D eigenvalue weighted by atomic mass is 16.5. The van der Waals surface area contributed by atoms with Crippen LogP contribution in [0.25, 0.3) is 0 Å². The number of ether oxygens (including phenoxy) is 1. The van der Waals surface area contributed by atoms with Gasteiger partial charge >= 0.3 is 0 Å². The van der Waals surface area contributed by atoms with Gasteiger partial charge in [0.05, 0.1) is 7.11 Å². The largest absolute Gasteiger partial charge is 0.497 e. The molecule has 1 aromatic carbocycles. The summed E-state index contributed by atoms with van der Waals surface area (Å²) in [5, 5.41) is 0. The minimum Gasteiger partial charge on any atom is -0.497 e. The molecule has 1 aromatic heterocycles. The predicted octanol–water partition coefficient (Wildman–Crippen LogP) is 2.31. The van der Waals surface area contributed by atoms with Gasteiger partial charge in [0.25, 0.3) is 0 Å². The Labute approximate surface area is 107 Å². The summed E-state index contributed by atoms with van der Waals surface area (Å²) in [7, 11) is 3.66. The summed E-state index contributed by atoms with van der Waals surface area (Å²) in [4.78, 5) is 6.13. The normalized spacial score (nSPS) is 10.1. The van der Waals surface area contributed by atoms with Crippen LogP contribution in [-0.4, -0.2) is 19.1 Å². The second-order valence-electron chi connectivity index (χ2n) is 4.18. The van der Waals surface area contributed by atoms with E-state index in [1.165, 1.54) is 5.56 Å². The third kappa shape index (κ3) is 2.91. The van der Waals surface area contributed by atoms with Crippen molar-refractivity contribution in [2.24, 2.45) is 0 Å². The Morgan fingerprint density at radius 3 is 2.61 bits per heavy atom. The topological polar surface area (TPSA) is 51.4 Å². The Morgan fingerprint density at radius 1 is 1.22 bits per heavy atom. The number of methoxy groups -OCH3 is 1. The van der Waals surface area contributed by atoms with Crippen molar-refractivity contribution >= 4 is 11.4 Å². The molecular formula is C14H17N3O. The van der Waals surface area contributed by atoms with Crippen molar-refractivity contribution in [2.75, 3.05) is 24.8 Å². The highest BCUT2D eigenvalue weighted by Gasteiger charge is 2.05. The van der Waals surface area contributed by atoms with Crippen molar-refractivity contribution in [3.05, 3.63) is 48.3 Å². The molecule has 4 nitrogen and oxygen atoms in total. The molecule has 2 aromatic rings. The van der Waals surface area contributed by atoms with Crippen LogP contribution in [0.4, 0.5) is 11.4 Å². The van der Waals surface area contributed by atoms with E-state index in [1.54, 1.807) is 19.5 Å². The Kier molecular flexibility index (Phi) is 3.67. The summed E-state index contributed by atoms with van der Waals surface area (Å²) in [6, 6.07) is 9.71. The van der Waals surface area contributed by atoms with Gasteiger partial charge in [-0.3, -0.25) is 4.98 Å². The first kappa shape index (κ1) is 12.2. The highest BCUT2D eigenvalue weighted by molar-refractivity contribution is 5.60. The molecule has 4 heteroatoms. The van der Waals surface area contributed by atoms with E-state index in [1.807, 2.05) is 37.4 Å². The third-order valence-corrected chi connectivity index (χ3v) is 2.76. The Bertz CT molecular complexity index is 514. The maximum atomic E-state index is 5.85. The fourth-order valence-corrected chi connectivity index (χ4v) is 1.80. The second kappa shape index (κ2) is 5.40. The van der Waals surface area contributed by atoms with Crippen molar-refractivity contribution in [3.63, 3.8) is 0 Å². The van der Waals surface area contributed by atoms with Gasteiger partial charge in [-0.2, -0.15) is 0 Å². The SMILES string of the molecule is COc1cc(N)cc(N(C)Cc2ccncc2)c1. The summed E-state index contributed by atoms with van der Waals surface area (Å²) in [5.74, 6) is 0.770. The van der Waals surface area contributed by atoms with Crippen LogP contribution in [0.1, 0.15) is 5.56 Å². The van der Waals surface area contributed by atoms with Crippen LogP contribution >= 0.6 is 0 Å². The minimum absolute atomic E-state index is 0.700. The summed E-state index contributed by atoms with van der Waals surface area (Å²) < 4.78 is 5.22. The lowest BCUT2D eigenvalue weighted by Crippen LogP contribution is -2.16. The summed E-state index contributed by atoms with van der Waals surface area (Å²) in [6.07, 6.45) is 3.59. The van der Waals surface area contributed by atoms with Crippen LogP contribution in [0, 0.1) is 0 Å². The van der Waals surface area contributed by atoms with Gasteiger partial charge in [-0.15, -0.1) is 0 Å². The van der Waals surface area contributed by atoms with Gasteiger partial charge in [-0.25, -0.2) is 0 Å². The molecule has 0 aliphatic carbocycles. The van der Waals surface area contributed by atoms with E-state index >= 15 is 0 Å². The number of aromatic nitrogens is 1. The van der Waals surface area contributed by atoms with Crippen LogP contribution in [0.3, 0.4) is 0 Å². The monoisotopic (exact) mass is 243 g/mol. The number of nitrogen functional groups attached to an aromatic ring is 1. The molecule has 0 aliphatic heterocycles. The molecule has 0 saturated heterocycles. The average Bonchev–Trinajstić information content (AvgIpc) is 2.39. The highest BCUT2D eigenvalue weighted by Crippen LogP contribution is 2.25. The molecule has 0 atom stereocenters. The number of hydrogen-bond donors (Lipinski definition) is 1. The first-order chi connectivity index (χ1) is 8.69. The molecule has 0 bridgehead atoms. The lowest BCUT2D eigenvalue weighted by Gasteiger charge is -2.20. The molecule has 94 valence electrons. The summed E-state index contributed by atoms with van der Waals surface area (Å²) in [5.41, 5.74) is 8.78. The molecular weight excluding hydrogens is 226 g/mol. The van der Waals surface area contributed by atoms with Crippen molar-refractivity contribution in [1.82, 2.24) is 4.98 Å². The molecule has 0 radical (unpaired) electrons. The molecule has 0 saturated carbocycles. The van der Waals surface area contributed by atoms with E-state index in [0.29, 0.717) is 5.69 Å². The van der Waals surface area contributed by atoms with Crippen molar-refractivity contribution < 1.29 is 4.74 Å². The number of rotatable bonds is 4. The van der Waals surface area contributed by atoms with Crippen LogP contribution in [0.5, 0.6) is 5.75 Å². The molecule has 0 fully saturated rings. The molecule has 1 heterocycles. The molecule has 0 spiro atoms. The second-order valence-corrected chi connectivity index (χ2v) is 4.18. The number of pyridine rings is 1. The van der Waals surface area contributed by atoms with Crippen molar-refractivity contribution in [3.8, 4) is 5.75 Å². The van der Waals surface area contributed by atoms with Crippen molar-refractivity contribution in [1.29, 1.82) is 0 Å². The molecule has 0 amide bonds. The van der Waals surface area contributed by atoms with E-state index < -0.39 is 0 Å². The standard InChI is InChI=1S/C14H17N3O/c1-17(10-11-3-5-16-6-4-11)13-7-12(15)8-14(9-13)18-2/h3-9H,10,15H2,1-2H3. The molecule has 0 aliphatic rings. The smallest absolute Gasteiger partial charge is 0.122 e. The van der Waals surface area contributed by atoms with Gasteiger partial charge in [-0.05, 0) is 23.8 Å². The number of benzene rings is 1. The molecule has 18 heavy (non-hydrogen) atoms. The minimum atomic E-state index is 0.700. The maximum Gasteiger partial charge on any atom is 0.122 e.